The molecule has 3 heterocycles. The molecule has 0 bridgehead atoms. The van der Waals surface area contributed by atoms with Gasteiger partial charge in [-0.25, -0.2) is 14.4 Å². The van der Waals surface area contributed by atoms with Crippen molar-refractivity contribution >= 4 is 23.3 Å². The average molecular weight is 485 g/mol. The molecule has 0 unspecified atom stereocenters. The SMILES string of the molecule is O=C(NCc1ccc(Oc2ccc(F)cc2)nc1)c1ccccc1SCc1cn2ccccc2n1. The summed E-state index contributed by atoms with van der Waals surface area (Å²) < 4.78 is 20.6. The number of rotatable bonds is 8. The average Bonchev–Trinajstić information content (AvgIpc) is 3.31. The Labute approximate surface area is 205 Å². The van der Waals surface area contributed by atoms with Crippen molar-refractivity contribution in [1.29, 1.82) is 0 Å². The van der Waals surface area contributed by atoms with Crippen LogP contribution in [-0.2, 0) is 12.3 Å². The van der Waals surface area contributed by atoms with Gasteiger partial charge in [0.2, 0.25) is 5.88 Å². The Hall–Kier alpha value is -4.17. The van der Waals surface area contributed by atoms with Crippen LogP contribution in [0, 0.1) is 5.82 Å². The summed E-state index contributed by atoms with van der Waals surface area (Å²) in [5, 5.41) is 2.96. The molecule has 0 aliphatic carbocycles. The van der Waals surface area contributed by atoms with Crippen molar-refractivity contribution in [3.8, 4) is 11.6 Å². The maximum absolute atomic E-state index is 13.0. The molecule has 0 radical (unpaired) electrons. The lowest BCUT2D eigenvalue weighted by atomic mass is 10.2. The van der Waals surface area contributed by atoms with E-state index in [4.69, 9.17) is 4.74 Å². The van der Waals surface area contributed by atoms with Gasteiger partial charge < -0.3 is 14.5 Å². The Morgan fingerprint density at radius 3 is 2.63 bits per heavy atom. The van der Waals surface area contributed by atoms with Crippen molar-refractivity contribution in [3.63, 3.8) is 0 Å². The van der Waals surface area contributed by atoms with Gasteiger partial charge in [-0.2, -0.15) is 0 Å². The molecule has 5 rings (SSSR count). The Bertz CT molecular complexity index is 1420. The number of aromatic nitrogens is 3. The van der Waals surface area contributed by atoms with Gasteiger partial charge in [-0.1, -0.05) is 24.3 Å². The molecule has 1 N–H and O–H groups in total. The molecule has 0 saturated heterocycles. The van der Waals surface area contributed by atoms with Crippen LogP contribution in [-0.4, -0.2) is 20.3 Å². The molecular formula is C27H21FN4O2S. The maximum atomic E-state index is 13.0. The first kappa shape index (κ1) is 22.6. The summed E-state index contributed by atoms with van der Waals surface area (Å²) >= 11 is 1.58. The van der Waals surface area contributed by atoms with Crippen LogP contribution in [0.15, 0.2) is 102 Å². The number of nitrogens with zero attached hydrogens (tertiary/aromatic N) is 3. The minimum atomic E-state index is -0.327. The van der Waals surface area contributed by atoms with Crippen molar-refractivity contribution in [3.05, 3.63) is 120 Å². The van der Waals surface area contributed by atoms with E-state index in [0.29, 0.717) is 29.5 Å². The molecule has 35 heavy (non-hydrogen) atoms. The molecule has 174 valence electrons. The minimum Gasteiger partial charge on any atom is -0.439 e. The van der Waals surface area contributed by atoms with E-state index in [2.05, 4.69) is 15.3 Å². The first-order chi connectivity index (χ1) is 17.1. The Balaban J connectivity index is 1.19. The Kier molecular flexibility index (Phi) is 6.72. The van der Waals surface area contributed by atoms with Gasteiger partial charge in [-0.05, 0) is 54.1 Å². The highest BCUT2D eigenvalue weighted by atomic mass is 32.2. The first-order valence-electron chi connectivity index (χ1n) is 10.9. The number of fused-ring (bicyclic) bond motifs is 1. The quantitative estimate of drug-likeness (QED) is 0.279. The number of imidazole rings is 1. The number of nitrogens with one attached hydrogen (secondary N) is 1. The van der Waals surface area contributed by atoms with Crippen LogP contribution in [0.2, 0.25) is 0 Å². The number of hydrogen-bond acceptors (Lipinski definition) is 5. The predicted molar refractivity (Wildman–Crippen MR) is 133 cm³/mol. The molecule has 6 nitrogen and oxygen atoms in total. The van der Waals surface area contributed by atoms with E-state index < -0.39 is 0 Å². The van der Waals surface area contributed by atoms with Gasteiger partial charge in [0.25, 0.3) is 5.91 Å². The van der Waals surface area contributed by atoms with Crippen LogP contribution in [0.1, 0.15) is 21.6 Å². The minimum absolute atomic E-state index is 0.158. The second-order valence-electron chi connectivity index (χ2n) is 7.73. The number of pyridine rings is 2. The smallest absolute Gasteiger partial charge is 0.252 e. The second kappa shape index (κ2) is 10.4. The van der Waals surface area contributed by atoms with Crippen molar-refractivity contribution in [2.75, 3.05) is 0 Å². The molecule has 0 saturated carbocycles. The van der Waals surface area contributed by atoms with Gasteiger partial charge in [-0.15, -0.1) is 11.8 Å². The van der Waals surface area contributed by atoms with Gasteiger partial charge in [-0.3, -0.25) is 4.79 Å². The van der Waals surface area contributed by atoms with E-state index in [1.165, 1.54) is 24.3 Å². The highest BCUT2D eigenvalue weighted by Gasteiger charge is 2.12. The lowest BCUT2D eigenvalue weighted by Gasteiger charge is -2.10. The topological polar surface area (TPSA) is 68.5 Å². The molecule has 0 spiro atoms. The Morgan fingerprint density at radius 1 is 1.00 bits per heavy atom. The monoisotopic (exact) mass is 484 g/mol. The number of ether oxygens (including phenoxy) is 1. The third kappa shape index (κ3) is 5.67. The number of benzene rings is 2. The molecule has 0 atom stereocenters. The molecule has 0 aliphatic heterocycles. The van der Waals surface area contributed by atoms with Crippen LogP contribution in [0.5, 0.6) is 11.6 Å². The normalized spacial score (nSPS) is 10.9. The molecule has 3 aromatic heterocycles. The molecule has 0 aliphatic rings. The summed E-state index contributed by atoms with van der Waals surface area (Å²) in [5.41, 5.74) is 3.30. The summed E-state index contributed by atoms with van der Waals surface area (Å²) in [7, 11) is 0. The van der Waals surface area contributed by atoms with Crippen LogP contribution in [0.4, 0.5) is 4.39 Å². The fraction of sp³-hybridized carbons (Fsp3) is 0.0741. The van der Waals surface area contributed by atoms with Gasteiger partial charge in [0.1, 0.15) is 17.2 Å². The fourth-order valence-electron chi connectivity index (χ4n) is 3.47. The second-order valence-corrected chi connectivity index (χ2v) is 8.74. The van der Waals surface area contributed by atoms with Crippen molar-refractivity contribution in [2.45, 2.75) is 17.2 Å². The van der Waals surface area contributed by atoms with E-state index in [0.717, 1.165) is 21.8 Å². The lowest BCUT2D eigenvalue weighted by Crippen LogP contribution is -2.23. The van der Waals surface area contributed by atoms with E-state index >= 15 is 0 Å². The summed E-state index contributed by atoms with van der Waals surface area (Å²) in [6.07, 6.45) is 5.61. The third-order valence-electron chi connectivity index (χ3n) is 5.21. The number of amides is 1. The summed E-state index contributed by atoms with van der Waals surface area (Å²) in [4.78, 5) is 22.7. The molecule has 1 amide bonds. The van der Waals surface area contributed by atoms with E-state index in [1.54, 1.807) is 24.0 Å². The van der Waals surface area contributed by atoms with E-state index in [1.807, 2.05) is 65.3 Å². The van der Waals surface area contributed by atoms with E-state index in [-0.39, 0.29) is 11.7 Å². The van der Waals surface area contributed by atoms with Gasteiger partial charge in [0, 0.05) is 41.8 Å². The van der Waals surface area contributed by atoms with Crippen LogP contribution >= 0.6 is 11.8 Å². The van der Waals surface area contributed by atoms with Gasteiger partial charge >= 0.3 is 0 Å². The van der Waals surface area contributed by atoms with Gasteiger partial charge in [0.15, 0.2) is 0 Å². The van der Waals surface area contributed by atoms with Crippen LogP contribution < -0.4 is 10.1 Å². The maximum Gasteiger partial charge on any atom is 0.252 e. The number of carbonyl (C=O) groups is 1. The predicted octanol–water partition coefficient (Wildman–Crippen LogP) is 5.88. The fourth-order valence-corrected chi connectivity index (χ4v) is 4.40. The molecular weight excluding hydrogens is 463 g/mol. The Morgan fingerprint density at radius 2 is 1.83 bits per heavy atom. The van der Waals surface area contributed by atoms with Crippen LogP contribution in [0.25, 0.3) is 5.65 Å². The molecule has 0 fully saturated rings. The molecule has 5 aromatic rings. The van der Waals surface area contributed by atoms with Crippen molar-refractivity contribution in [1.82, 2.24) is 19.7 Å². The van der Waals surface area contributed by atoms with Crippen molar-refractivity contribution in [2.24, 2.45) is 0 Å². The number of carbonyl (C=O) groups excluding carboxylic acids is 1. The highest BCUT2D eigenvalue weighted by Crippen LogP contribution is 2.26. The number of halogens is 1. The van der Waals surface area contributed by atoms with Crippen molar-refractivity contribution < 1.29 is 13.9 Å². The summed E-state index contributed by atoms with van der Waals surface area (Å²) in [6, 6.07) is 22.7. The zero-order chi connectivity index (χ0) is 24.0. The third-order valence-corrected chi connectivity index (χ3v) is 6.31. The van der Waals surface area contributed by atoms with Gasteiger partial charge in [0.05, 0.1) is 11.3 Å². The summed E-state index contributed by atoms with van der Waals surface area (Å²) in [5.74, 6) is 1.06. The van der Waals surface area contributed by atoms with E-state index in [9.17, 15) is 9.18 Å². The number of thioether (sulfide) groups is 1. The summed E-state index contributed by atoms with van der Waals surface area (Å²) in [6.45, 7) is 0.327. The number of hydrogen-bond donors (Lipinski definition) is 1. The first-order valence-corrected chi connectivity index (χ1v) is 11.9. The lowest BCUT2D eigenvalue weighted by molar-refractivity contribution is 0.0948. The molecule has 2 aromatic carbocycles. The zero-order valence-electron chi connectivity index (χ0n) is 18.6. The molecule has 8 heteroatoms. The van der Waals surface area contributed by atoms with Crippen LogP contribution in [0.3, 0.4) is 0 Å². The highest BCUT2D eigenvalue weighted by molar-refractivity contribution is 7.98. The standard InChI is InChI=1S/C27H21FN4O2S/c28-20-9-11-22(12-10-20)34-26-13-8-19(15-29-26)16-30-27(33)23-5-1-2-6-24(23)35-18-21-17-32-14-4-3-7-25(32)31-21/h1-15,17H,16,18H2,(H,30,33). The zero-order valence-corrected chi connectivity index (χ0v) is 19.4. The largest absolute Gasteiger partial charge is 0.439 e.